The summed E-state index contributed by atoms with van der Waals surface area (Å²) in [6.07, 6.45) is 0.579. The van der Waals surface area contributed by atoms with Crippen molar-refractivity contribution < 1.29 is 14.3 Å². The molecule has 1 saturated heterocycles. The summed E-state index contributed by atoms with van der Waals surface area (Å²) in [7, 11) is 1.35. The molecule has 4 nitrogen and oxygen atoms in total. The van der Waals surface area contributed by atoms with Gasteiger partial charge in [-0.05, 0) is 12.0 Å². The van der Waals surface area contributed by atoms with Crippen molar-refractivity contribution in [1.29, 1.82) is 0 Å². The first-order valence-corrected chi connectivity index (χ1v) is 6.32. The SMILES string of the molecule is COC(=O)C1CN(Cc2ccccc2)CCC1=C=O.Cl. The number of ether oxygens (including phenoxy) is 1. The molecule has 5 heteroatoms. The predicted molar refractivity (Wildman–Crippen MR) is 78.3 cm³/mol. The number of carbonyl (C=O) groups excluding carboxylic acids is 2. The van der Waals surface area contributed by atoms with Gasteiger partial charge in [-0.25, -0.2) is 4.79 Å². The molecule has 108 valence electrons. The Hall–Kier alpha value is -1.61. The number of hydrogen-bond donors (Lipinski definition) is 0. The third-order valence-corrected chi connectivity index (χ3v) is 3.42. The van der Waals surface area contributed by atoms with Crippen molar-refractivity contribution in [2.75, 3.05) is 20.2 Å². The van der Waals surface area contributed by atoms with Gasteiger partial charge in [-0.2, -0.15) is 0 Å². The topological polar surface area (TPSA) is 46.6 Å². The van der Waals surface area contributed by atoms with E-state index in [2.05, 4.69) is 17.0 Å². The Balaban J connectivity index is 0.00000200. The van der Waals surface area contributed by atoms with Crippen molar-refractivity contribution in [2.24, 2.45) is 5.92 Å². The number of halogens is 1. The number of rotatable bonds is 3. The maximum Gasteiger partial charge on any atom is 0.314 e. The normalized spacial score (nSPS) is 18.9. The fraction of sp³-hybridized carbons (Fsp3) is 0.400. The first-order valence-electron chi connectivity index (χ1n) is 6.32. The van der Waals surface area contributed by atoms with Crippen LogP contribution in [0.5, 0.6) is 0 Å². The van der Waals surface area contributed by atoms with Crippen LogP contribution in [0.2, 0.25) is 0 Å². The molecule has 0 saturated carbocycles. The third-order valence-electron chi connectivity index (χ3n) is 3.42. The minimum Gasteiger partial charge on any atom is -0.469 e. The fourth-order valence-corrected chi connectivity index (χ4v) is 2.38. The highest BCUT2D eigenvalue weighted by molar-refractivity contribution is 5.85. The number of likely N-dealkylation sites (tertiary alicyclic amines) is 1. The van der Waals surface area contributed by atoms with Gasteiger partial charge in [-0.1, -0.05) is 30.3 Å². The van der Waals surface area contributed by atoms with Gasteiger partial charge in [0.15, 0.2) is 0 Å². The zero-order valence-corrected chi connectivity index (χ0v) is 12.2. The molecular weight excluding hydrogens is 278 g/mol. The standard InChI is InChI=1S/C15H17NO3.ClH/c1-19-15(18)14-10-16(8-7-13(14)11-17)9-12-5-3-2-4-6-12;/h2-6,14H,7-10H2,1H3;1H. The van der Waals surface area contributed by atoms with Crippen LogP contribution >= 0.6 is 12.4 Å². The van der Waals surface area contributed by atoms with Crippen molar-refractivity contribution in [2.45, 2.75) is 13.0 Å². The summed E-state index contributed by atoms with van der Waals surface area (Å²) in [6, 6.07) is 10.1. The summed E-state index contributed by atoms with van der Waals surface area (Å²) in [5.41, 5.74) is 1.72. The number of benzene rings is 1. The summed E-state index contributed by atoms with van der Waals surface area (Å²) in [4.78, 5) is 24.7. The van der Waals surface area contributed by atoms with Crippen LogP contribution in [0.4, 0.5) is 0 Å². The van der Waals surface area contributed by atoms with Gasteiger partial charge in [-0.15, -0.1) is 12.4 Å². The largest absolute Gasteiger partial charge is 0.469 e. The molecule has 1 aromatic rings. The number of nitrogens with zero attached hydrogens (tertiary/aromatic N) is 1. The van der Waals surface area contributed by atoms with E-state index in [1.165, 1.54) is 12.7 Å². The van der Waals surface area contributed by atoms with Gasteiger partial charge in [-0.3, -0.25) is 9.69 Å². The minimum atomic E-state index is -0.472. The molecule has 1 aliphatic heterocycles. The van der Waals surface area contributed by atoms with E-state index in [4.69, 9.17) is 4.74 Å². The number of piperidine rings is 1. The molecule has 1 heterocycles. The smallest absolute Gasteiger partial charge is 0.314 e. The molecule has 1 aromatic carbocycles. The number of hydrogen-bond acceptors (Lipinski definition) is 4. The van der Waals surface area contributed by atoms with Gasteiger partial charge in [0.25, 0.3) is 0 Å². The van der Waals surface area contributed by atoms with E-state index in [0.717, 1.165) is 13.1 Å². The van der Waals surface area contributed by atoms with E-state index >= 15 is 0 Å². The van der Waals surface area contributed by atoms with E-state index in [-0.39, 0.29) is 18.4 Å². The lowest BCUT2D eigenvalue weighted by Crippen LogP contribution is -2.40. The van der Waals surface area contributed by atoms with Crippen molar-refractivity contribution in [1.82, 2.24) is 4.90 Å². The summed E-state index contributed by atoms with van der Waals surface area (Å²) in [5.74, 6) is 1.07. The molecular formula is C15H18ClNO3. The molecule has 0 radical (unpaired) electrons. The Morgan fingerprint density at radius 1 is 1.40 bits per heavy atom. The van der Waals surface area contributed by atoms with Crippen molar-refractivity contribution in [3.63, 3.8) is 0 Å². The Kier molecular flexibility index (Phi) is 6.46. The van der Waals surface area contributed by atoms with E-state index in [9.17, 15) is 9.59 Å². The van der Waals surface area contributed by atoms with Crippen LogP contribution in [0, 0.1) is 5.92 Å². The summed E-state index contributed by atoms with van der Waals surface area (Å²) in [5, 5.41) is 0. The van der Waals surface area contributed by atoms with E-state index < -0.39 is 5.92 Å². The van der Waals surface area contributed by atoms with Crippen LogP contribution in [0.25, 0.3) is 0 Å². The summed E-state index contributed by atoms with van der Waals surface area (Å²) < 4.78 is 4.75. The fourth-order valence-electron chi connectivity index (χ4n) is 2.38. The van der Waals surface area contributed by atoms with Crippen LogP contribution < -0.4 is 0 Å². The third kappa shape index (κ3) is 3.94. The summed E-state index contributed by atoms with van der Waals surface area (Å²) in [6.45, 7) is 2.07. The first-order chi connectivity index (χ1) is 9.24. The molecule has 1 atom stereocenters. The Bertz CT molecular complexity index is 497. The zero-order chi connectivity index (χ0) is 13.7. The maximum atomic E-state index is 11.7. The second kappa shape index (κ2) is 7.85. The van der Waals surface area contributed by atoms with E-state index in [1.807, 2.05) is 24.1 Å². The zero-order valence-electron chi connectivity index (χ0n) is 11.4. The van der Waals surface area contributed by atoms with Gasteiger partial charge in [0.2, 0.25) is 0 Å². The molecule has 0 spiro atoms. The quantitative estimate of drug-likeness (QED) is 0.631. The van der Waals surface area contributed by atoms with Gasteiger partial charge in [0.05, 0.1) is 7.11 Å². The Morgan fingerprint density at radius 2 is 2.10 bits per heavy atom. The average molecular weight is 296 g/mol. The van der Waals surface area contributed by atoms with Gasteiger partial charge in [0.1, 0.15) is 11.9 Å². The molecule has 1 fully saturated rings. The van der Waals surface area contributed by atoms with Crippen molar-refractivity contribution >= 4 is 24.3 Å². The monoisotopic (exact) mass is 295 g/mol. The molecule has 0 aromatic heterocycles. The minimum absolute atomic E-state index is 0. The molecule has 0 bridgehead atoms. The molecule has 2 rings (SSSR count). The van der Waals surface area contributed by atoms with Crippen LogP contribution in [0.15, 0.2) is 35.9 Å². The Labute approximate surface area is 124 Å². The maximum absolute atomic E-state index is 11.7. The van der Waals surface area contributed by atoms with Crippen LogP contribution in [-0.2, 0) is 20.9 Å². The van der Waals surface area contributed by atoms with Gasteiger partial charge >= 0.3 is 5.97 Å². The molecule has 0 amide bonds. The number of methoxy groups -OCH3 is 1. The highest BCUT2D eigenvalue weighted by atomic mass is 35.5. The van der Waals surface area contributed by atoms with Gasteiger partial charge in [0, 0.05) is 25.2 Å². The van der Waals surface area contributed by atoms with Crippen LogP contribution in [0.3, 0.4) is 0 Å². The molecule has 20 heavy (non-hydrogen) atoms. The molecule has 0 aliphatic carbocycles. The lowest BCUT2D eigenvalue weighted by Gasteiger charge is -2.31. The second-order valence-corrected chi connectivity index (χ2v) is 4.67. The number of esters is 1. The lowest BCUT2D eigenvalue weighted by molar-refractivity contribution is -0.145. The summed E-state index contributed by atoms with van der Waals surface area (Å²) >= 11 is 0. The van der Waals surface area contributed by atoms with Crippen molar-refractivity contribution in [3.8, 4) is 0 Å². The van der Waals surface area contributed by atoms with Crippen LogP contribution in [0.1, 0.15) is 12.0 Å². The number of carbonyl (C=O) groups is 1. The second-order valence-electron chi connectivity index (χ2n) is 4.67. The van der Waals surface area contributed by atoms with Crippen LogP contribution in [-0.4, -0.2) is 37.0 Å². The highest BCUT2D eigenvalue weighted by Crippen LogP contribution is 2.23. The van der Waals surface area contributed by atoms with Gasteiger partial charge < -0.3 is 4.74 Å². The Morgan fingerprint density at radius 3 is 2.70 bits per heavy atom. The highest BCUT2D eigenvalue weighted by Gasteiger charge is 2.31. The van der Waals surface area contributed by atoms with Crippen molar-refractivity contribution in [3.05, 3.63) is 41.5 Å². The van der Waals surface area contributed by atoms with E-state index in [0.29, 0.717) is 18.5 Å². The van der Waals surface area contributed by atoms with E-state index in [1.54, 1.807) is 0 Å². The average Bonchev–Trinajstić information content (AvgIpc) is 2.47. The lowest BCUT2D eigenvalue weighted by atomic mass is 9.92. The first kappa shape index (κ1) is 16.4. The molecule has 1 unspecified atom stereocenters. The predicted octanol–water partition coefficient (Wildman–Crippen LogP) is 1.86. The molecule has 1 aliphatic rings. The molecule has 0 N–H and O–H groups in total.